The van der Waals surface area contributed by atoms with Gasteiger partial charge >= 0.3 is 0 Å². The third kappa shape index (κ3) is 1.42. The normalized spacial score (nSPS) is 10.0. The summed E-state index contributed by atoms with van der Waals surface area (Å²) >= 11 is 3.73. The van der Waals surface area contributed by atoms with Crippen LogP contribution in [-0.4, -0.2) is 6.29 Å². The van der Waals surface area contributed by atoms with Crippen LogP contribution in [0, 0.1) is 14.2 Å². The Morgan fingerprint density at radius 2 is 2.29 bits per heavy atom. The zero-order valence-corrected chi connectivity index (χ0v) is 9.93. The first-order valence-corrected chi connectivity index (χ1v) is 5.73. The quantitative estimate of drug-likeness (QED) is 0.599. The average Bonchev–Trinajstić information content (AvgIpc) is 2.57. The molecule has 2 rings (SSSR count). The molecule has 0 spiro atoms. The number of hydrogen-bond donors (Lipinski definition) is 0. The molecule has 2 nitrogen and oxygen atoms in total. The van der Waals surface area contributed by atoms with E-state index in [0.29, 0.717) is 11.1 Å². The molecule has 0 aliphatic carbocycles. The van der Waals surface area contributed by atoms with Crippen LogP contribution in [0.2, 0.25) is 0 Å². The van der Waals surface area contributed by atoms with Crippen molar-refractivity contribution in [3.8, 4) is 6.07 Å². The van der Waals surface area contributed by atoms with Gasteiger partial charge < -0.3 is 0 Å². The molecule has 1 aromatic carbocycles. The van der Waals surface area contributed by atoms with E-state index in [9.17, 15) is 4.79 Å². The Kier molecular flexibility index (Phi) is 2.52. The van der Waals surface area contributed by atoms with Gasteiger partial charge in [-0.2, -0.15) is 5.26 Å². The van der Waals surface area contributed by atoms with Crippen molar-refractivity contribution in [1.82, 2.24) is 0 Å². The molecule has 0 bridgehead atoms. The fourth-order valence-corrected chi connectivity index (χ4v) is 3.16. The number of benzene rings is 1. The predicted molar refractivity (Wildman–Crippen MR) is 64.6 cm³/mol. The van der Waals surface area contributed by atoms with Crippen molar-refractivity contribution in [2.45, 2.75) is 0 Å². The predicted octanol–water partition coefficient (Wildman–Crippen LogP) is 3.19. The first-order chi connectivity index (χ1) is 6.76. The minimum Gasteiger partial charge on any atom is -0.298 e. The third-order valence-corrected chi connectivity index (χ3v) is 3.88. The minimum absolute atomic E-state index is 0.629. The largest absolute Gasteiger partial charge is 0.298 e. The second-order valence-corrected chi connectivity index (χ2v) is 5.67. The molecule has 0 radical (unpaired) electrons. The molecule has 0 saturated carbocycles. The van der Waals surface area contributed by atoms with Crippen molar-refractivity contribution in [2.24, 2.45) is 0 Å². The summed E-state index contributed by atoms with van der Waals surface area (Å²) in [7, 11) is 0. The van der Waals surface area contributed by atoms with Gasteiger partial charge in [0.2, 0.25) is 0 Å². The van der Waals surface area contributed by atoms with E-state index >= 15 is 0 Å². The van der Waals surface area contributed by atoms with Crippen molar-refractivity contribution in [1.29, 1.82) is 5.26 Å². The van der Waals surface area contributed by atoms with E-state index in [4.69, 9.17) is 5.26 Å². The Bertz CT molecular complexity index is 553. The molecular formula is C10H4INOS. The van der Waals surface area contributed by atoms with Gasteiger partial charge in [-0.15, -0.1) is 11.3 Å². The van der Waals surface area contributed by atoms with E-state index < -0.39 is 0 Å². The lowest BCUT2D eigenvalue weighted by molar-refractivity contribution is 0.112. The maximum Gasteiger partial charge on any atom is 0.151 e. The van der Waals surface area contributed by atoms with Crippen molar-refractivity contribution in [2.75, 3.05) is 0 Å². The molecular weight excluding hydrogens is 309 g/mol. The molecule has 0 fully saturated rings. The molecule has 0 saturated heterocycles. The van der Waals surface area contributed by atoms with Gasteiger partial charge in [0.1, 0.15) is 0 Å². The van der Waals surface area contributed by atoms with Crippen LogP contribution in [0.5, 0.6) is 0 Å². The van der Waals surface area contributed by atoms with Crippen molar-refractivity contribution in [3.63, 3.8) is 0 Å². The van der Waals surface area contributed by atoms with Crippen LogP contribution in [0.1, 0.15) is 15.9 Å². The average molecular weight is 313 g/mol. The number of carbonyl (C=O) groups is 1. The van der Waals surface area contributed by atoms with Crippen LogP contribution in [0.3, 0.4) is 0 Å². The number of nitrogens with zero attached hydrogens (tertiary/aromatic N) is 1. The highest BCUT2D eigenvalue weighted by atomic mass is 127. The summed E-state index contributed by atoms with van der Waals surface area (Å²) in [5.74, 6) is 0. The summed E-state index contributed by atoms with van der Waals surface area (Å²) in [5.41, 5.74) is 1.29. The summed E-state index contributed by atoms with van der Waals surface area (Å²) in [4.78, 5) is 10.8. The maximum absolute atomic E-state index is 10.8. The second kappa shape index (κ2) is 3.67. The number of aldehydes is 1. The van der Waals surface area contributed by atoms with Crippen LogP contribution in [-0.2, 0) is 0 Å². The fraction of sp³-hybridized carbons (Fsp3) is 0. The number of carbonyl (C=O) groups excluding carboxylic acids is 1. The number of fused-ring (bicyclic) bond motifs is 1. The standard InChI is InChI=1S/C10H4INOS/c11-9-3-8-6(4-12)1-2-7(5-13)10(8)14-9/h1-3,5H. The van der Waals surface area contributed by atoms with Gasteiger partial charge in [-0.3, -0.25) is 4.79 Å². The lowest BCUT2D eigenvalue weighted by atomic mass is 10.1. The smallest absolute Gasteiger partial charge is 0.151 e. The topological polar surface area (TPSA) is 40.9 Å². The number of nitriles is 1. The second-order valence-electron chi connectivity index (χ2n) is 2.73. The van der Waals surface area contributed by atoms with Crippen molar-refractivity contribution < 1.29 is 4.79 Å². The summed E-state index contributed by atoms with van der Waals surface area (Å²) in [5, 5.41) is 9.75. The Morgan fingerprint density at radius 1 is 1.50 bits per heavy atom. The molecule has 0 aliphatic rings. The minimum atomic E-state index is 0.629. The van der Waals surface area contributed by atoms with E-state index in [2.05, 4.69) is 28.7 Å². The van der Waals surface area contributed by atoms with Crippen LogP contribution in [0.15, 0.2) is 18.2 Å². The summed E-state index contributed by atoms with van der Waals surface area (Å²) < 4.78 is 1.99. The van der Waals surface area contributed by atoms with E-state index in [1.165, 1.54) is 11.3 Å². The zero-order valence-electron chi connectivity index (χ0n) is 6.95. The Morgan fingerprint density at radius 3 is 2.93 bits per heavy atom. The van der Waals surface area contributed by atoms with E-state index in [1.807, 2.05) is 6.07 Å². The van der Waals surface area contributed by atoms with Gasteiger partial charge in [0.05, 0.1) is 14.5 Å². The summed E-state index contributed by atoms with van der Waals surface area (Å²) in [6.45, 7) is 0. The lowest BCUT2D eigenvalue weighted by Gasteiger charge is -1.95. The highest BCUT2D eigenvalue weighted by Gasteiger charge is 2.08. The molecule has 0 amide bonds. The number of halogens is 1. The molecule has 14 heavy (non-hydrogen) atoms. The van der Waals surface area contributed by atoms with Gasteiger partial charge in [-0.1, -0.05) is 0 Å². The van der Waals surface area contributed by atoms with Crippen LogP contribution < -0.4 is 0 Å². The number of thiophene rings is 1. The molecule has 1 heterocycles. The molecule has 1 aromatic heterocycles. The van der Waals surface area contributed by atoms with Crippen molar-refractivity contribution >= 4 is 50.3 Å². The van der Waals surface area contributed by atoms with Crippen LogP contribution in [0.4, 0.5) is 0 Å². The van der Waals surface area contributed by atoms with E-state index in [0.717, 1.165) is 19.3 Å². The highest BCUT2D eigenvalue weighted by molar-refractivity contribution is 14.1. The zero-order chi connectivity index (χ0) is 10.1. The van der Waals surface area contributed by atoms with E-state index in [-0.39, 0.29) is 0 Å². The van der Waals surface area contributed by atoms with Gasteiger partial charge in [0.15, 0.2) is 6.29 Å². The number of rotatable bonds is 1. The molecule has 2 aromatic rings. The number of hydrogen-bond acceptors (Lipinski definition) is 3. The Hall–Kier alpha value is -0.930. The van der Waals surface area contributed by atoms with E-state index in [1.54, 1.807) is 12.1 Å². The Labute approximate surface area is 98.3 Å². The molecule has 0 atom stereocenters. The molecule has 0 aliphatic heterocycles. The van der Waals surface area contributed by atoms with Crippen LogP contribution in [0.25, 0.3) is 10.1 Å². The molecule has 0 N–H and O–H groups in total. The van der Waals surface area contributed by atoms with Gasteiger partial charge in [0, 0.05) is 15.6 Å². The van der Waals surface area contributed by atoms with Crippen LogP contribution >= 0.6 is 33.9 Å². The lowest BCUT2D eigenvalue weighted by Crippen LogP contribution is -1.82. The Balaban J connectivity index is 2.92. The maximum atomic E-state index is 10.8. The molecule has 0 unspecified atom stereocenters. The first kappa shape index (κ1) is 9.62. The van der Waals surface area contributed by atoms with Gasteiger partial charge in [-0.25, -0.2) is 0 Å². The third-order valence-electron chi connectivity index (χ3n) is 1.93. The van der Waals surface area contributed by atoms with Gasteiger partial charge in [0.25, 0.3) is 0 Å². The van der Waals surface area contributed by atoms with Crippen molar-refractivity contribution in [3.05, 3.63) is 32.2 Å². The monoisotopic (exact) mass is 313 g/mol. The molecule has 4 heteroatoms. The highest BCUT2D eigenvalue weighted by Crippen LogP contribution is 2.31. The van der Waals surface area contributed by atoms with Gasteiger partial charge in [-0.05, 0) is 40.8 Å². The first-order valence-electron chi connectivity index (χ1n) is 3.83. The SMILES string of the molecule is N#Cc1ccc(C=O)c2sc(I)cc12. The summed E-state index contributed by atoms with van der Waals surface area (Å²) in [6.07, 6.45) is 0.829. The molecule has 68 valence electrons. The summed E-state index contributed by atoms with van der Waals surface area (Å²) in [6, 6.07) is 7.44. The fourth-order valence-electron chi connectivity index (χ4n) is 1.30.